The molecule has 0 radical (unpaired) electrons. The van der Waals surface area contributed by atoms with E-state index < -0.39 is 0 Å². The van der Waals surface area contributed by atoms with Gasteiger partial charge >= 0.3 is 0 Å². The van der Waals surface area contributed by atoms with Crippen LogP contribution in [0.15, 0.2) is 12.4 Å². The lowest BCUT2D eigenvalue weighted by Crippen LogP contribution is -2.39. The number of aromatic nitrogens is 2. The molecule has 1 aliphatic heterocycles. The van der Waals surface area contributed by atoms with Gasteiger partial charge in [-0.15, -0.1) is 0 Å². The molecule has 1 amide bonds. The van der Waals surface area contributed by atoms with Crippen molar-refractivity contribution >= 4 is 5.91 Å². The standard InChI is InChI=1S/C14H22N4O/c1-17-9-11(8-15-17)14(19)16-12-6-7-18(10-12)13-4-2-3-5-13/h8-9,12-13H,2-7,10H2,1H3,(H,16,19). The summed E-state index contributed by atoms with van der Waals surface area (Å²) < 4.78 is 1.66. The number of aryl methyl sites for hydroxylation is 1. The monoisotopic (exact) mass is 262 g/mol. The molecule has 0 bridgehead atoms. The molecule has 2 fully saturated rings. The highest BCUT2D eigenvalue weighted by Crippen LogP contribution is 2.26. The predicted octanol–water partition coefficient (Wildman–Crippen LogP) is 1.17. The first-order chi connectivity index (χ1) is 9.22. The second kappa shape index (κ2) is 5.33. The number of rotatable bonds is 3. The van der Waals surface area contributed by atoms with E-state index in [1.165, 1.54) is 25.7 Å². The summed E-state index contributed by atoms with van der Waals surface area (Å²) in [7, 11) is 1.83. The van der Waals surface area contributed by atoms with E-state index in [4.69, 9.17) is 0 Å². The average Bonchev–Trinajstić information content (AvgIpc) is 3.07. The van der Waals surface area contributed by atoms with Crippen LogP contribution in [0.5, 0.6) is 0 Å². The largest absolute Gasteiger partial charge is 0.348 e. The molecule has 2 heterocycles. The second-order valence-corrected chi connectivity index (χ2v) is 5.79. The van der Waals surface area contributed by atoms with Gasteiger partial charge < -0.3 is 5.32 Å². The van der Waals surface area contributed by atoms with Crippen LogP contribution in [-0.4, -0.2) is 45.8 Å². The third kappa shape index (κ3) is 2.81. The van der Waals surface area contributed by atoms with Crippen molar-refractivity contribution in [2.45, 2.75) is 44.2 Å². The van der Waals surface area contributed by atoms with Crippen molar-refractivity contribution in [2.75, 3.05) is 13.1 Å². The number of likely N-dealkylation sites (tertiary alicyclic amines) is 1. The zero-order valence-corrected chi connectivity index (χ0v) is 11.5. The zero-order valence-electron chi connectivity index (χ0n) is 11.5. The van der Waals surface area contributed by atoms with Crippen LogP contribution >= 0.6 is 0 Å². The van der Waals surface area contributed by atoms with Gasteiger partial charge in [0.1, 0.15) is 0 Å². The molecule has 1 aromatic rings. The van der Waals surface area contributed by atoms with Crippen LogP contribution in [0.2, 0.25) is 0 Å². The van der Waals surface area contributed by atoms with Crippen molar-refractivity contribution in [1.29, 1.82) is 0 Å². The van der Waals surface area contributed by atoms with Gasteiger partial charge in [0.25, 0.3) is 5.91 Å². The lowest BCUT2D eigenvalue weighted by atomic mass is 10.2. The van der Waals surface area contributed by atoms with E-state index in [-0.39, 0.29) is 5.91 Å². The molecule has 3 rings (SSSR count). The molecule has 2 aliphatic rings. The molecular formula is C14H22N4O. The molecule has 5 heteroatoms. The van der Waals surface area contributed by atoms with E-state index in [0.29, 0.717) is 11.6 Å². The Bertz CT molecular complexity index is 450. The average molecular weight is 262 g/mol. The van der Waals surface area contributed by atoms with Gasteiger partial charge in [-0.2, -0.15) is 5.10 Å². The van der Waals surface area contributed by atoms with Gasteiger partial charge in [0, 0.05) is 38.4 Å². The van der Waals surface area contributed by atoms with Gasteiger partial charge in [-0.25, -0.2) is 0 Å². The maximum Gasteiger partial charge on any atom is 0.254 e. The normalized spacial score (nSPS) is 25.0. The summed E-state index contributed by atoms with van der Waals surface area (Å²) in [5.74, 6) is 0.00590. The molecular weight excluding hydrogens is 240 g/mol. The van der Waals surface area contributed by atoms with Crippen LogP contribution in [0.4, 0.5) is 0 Å². The Labute approximate surface area is 114 Å². The maximum atomic E-state index is 12.1. The number of hydrogen-bond donors (Lipinski definition) is 1. The molecule has 1 aliphatic carbocycles. The second-order valence-electron chi connectivity index (χ2n) is 5.79. The van der Waals surface area contributed by atoms with Crippen molar-refractivity contribution in [3.05, 3.63) is 18.0 Å². The molecule has 19 heavy (non-hydrogen) atoms. The summed E-state index contributed by atoms with van der Waals surface area (Å²) in [6, 6.07) is 1.06. The lowest BCUT2D eigenvalue weighted by Gasteiger charge is -2.23. The molecule has 1 aromatic heterocycles. The highest BCUT2D eigenvalue weighted by atomic mass is 16.1. The van der Waals surface area contributed by atoms with Crippen LogP contribution in [0.3, 0.4) is 0 Å². The third-order valence-corrected chi connectivity index (χ3v) is 4.36. The Morgan fingerprint density at radius 2 is 2.16 bits per heavy atom. The summed E-state index contributed by atoms with van der Waals surface area (Å²) in [4.78, 5) is 14.6. The van der Waals surface area contributed by atoms with E-state index in [1.807, 2.05) is 7.05 Å². The number of amides is 1. The number of nitrogens with zero attached hydrogens (tertiary/aromatic N) is 3. The van der Waals surface area contributed by atoms with Gasteiger partial charge in [0.15, 0.2) is 0 Å². The summed E-state index contributed by atoms with van der Waals surface area (Å²) in [5, 5.41) is 7.16. The lowest BCUT2D eigenvalue weighted by molar-refractivity contribution is 0.0936. The summed E-state index contributed by atoms with van der Waals surface area (Å²) in [6.45, 7) is 2.14. The van der Waals surface area contributed by atoms with Crippen molar-refractivity contribution in [2.24, 2.45) is 7.05 Å². The predicted molar refractivity (Wildman–Crippen MR) is 72.9 cm³/mol. The van der Waals surface area contributed by atoms with E-state index in [1.54, 1.807) is 17.1 Å². The topological polar surface area (TPSA) is 50.2 Å². The minimum absolute atomic E-state index is 0.00590. The molecule has 1 saturated heterocycles. The van der Waals surface area contributed by atoms with Gasteiger partial charge in [0.2, 0.25) is 0 Å². The fraction of sp³-hybridized carbons (Fsp3) is 0.714. The minimum Gasteiger partial charge on any atom is -0.348 e. The van der Waals surface area contributed by atoms with Gasteiger partial charge in [0.05, 0.1) is 11.8 Å². The Morgan fingerprint density at radius 1 is 1.37 bits per heavy atom. The first-order valence-electron chi connectivity index (χ1n) is 7.26. The van der Waals surface area contributed by atoms with Crippen molar-refractivity contribution in [1.82, 2.24) is 20.0 Å². The highest BCUT2D eigenvalue weighted by molar-refractivity contribution is 5.93. The zero-order chi connectivity index (χ0) is 13.2. The molecule has 104 valence electrons. The molecule has 1 unspecified atom stereocenters. The highest BCUT2D eigenvalue weighted by Gasteiger charge is 2.30. The van der Waals surface area contributed by atoms with Gasteiger partial charge in [-0.05, 0) is 19.3 Å². The van der Waals surface area contributed by atoms with Gasteiger partial charge in [-0.1, -0.05) is 12.8 Å². The Balaban J connectivity index is 1.52. The molecule has 0 aromatic carbocycles. The molecule has 1 N–H and O–H groups in total. The Hall–Kier alpha value is -1.36. The summed E-state index contributed by atoms with van der Waals surface area (Å²) >= 11 is 0. The van der Waals surface area contributed by atoms with Crippen LogP contribution < -0.4 is 5.32 Å². The fourth-order valence-electron chi connectivity index (χ4n) is 3.31. The van der Waals surface area contributed by atoms with Crippen LogP contribution in [-0.2, 0) is 7.05 Å². The number of nitrogens with one attached hydrogen (secondary N) is 1. The minimum atomic E-state index is 0.00590. The third-order valence-electron chi connectivity index (χ3n) is 4.36. The molecule has 1 saturated carbocycles. The number of carbonyl (C=O) groups is 1. The fourth-order valence-corrected chi connectivity index (χ4v) is 3.31. The van der Waals surface area contributed by atoms with E-state index >= 15 is 0 Å². The van der Waals surface area contributed by atoms with Crippen LogP contribution in [0, 0.1) is 0 Å². The van der Waals surface area contributed by atoms with E-state index in [0.717, 1.165) is 25.6 Å². The smallest absolute Gasteiger partial charge is 0.254 e. The van der Waals surface area contributed by atoms with E-state index in [9.17, 15) is 4.79 Å². The molecule has 1 atom stereocenters. The Morgan fingerprint density at radius 3 is 2.84 bits per heavy atom. The first kappa shape index (κ1) is 12.7. The maximum absolute atomic E-state index is 12.1. The molecule has 0 spiro atoms. The SMILES string of the molecule is Cn1cc(C(=O)NC2CCN(C3CCCC3)C2)cn1. The summed E-state index contributed by atoms with van der Waals surface area (Å²) in [5.41, 5.74) is 0.654. The van der Waals surface area contributed by atoms with Crippen LogP contribution in [0.25, 0.3) is 0 Å². The quantitative estimate of drug-likeness (QED) is 0.889. The first-order valence-corrected chi connectivity index (χ1v) is 7.26. The van der Waals surface area contributed by atoms with Crippen molar-refractivity contribution < 1.29 is 4.79 Å². The molecule has 5 nitrogen and oxygen atoms in total. The number of carbonyl (C=O) groups excluding carboxylic acids is 1. The van der Waals surface area contributed by atoms with Crippen molar-refractivity contribution in [3.8, 4) is 0 Å². The van der Waals surface area contributed by atoms with Gasteiger partial charge in [-0.3, -0.25) is 14.4 Å². The van der Waals surface area contributed by atoms with E-state index in [2.05, 4.69) is 15.3 Å². The van der Waals surface area contributed by atoms with Crippen LogP contribution in [0.1, 0.15) is 42.5 Å². The van der Waals surface area contributed by atoms with Crippen molar-refractivity contribution in [3.63, 3.8) is 0 Å². The Kier molecular flexibility index (Phi) is 3.55. The summed E-state index contributed by atoms with van der Waals surface area (Å²) in [6.07, 6.45) is 9.87. The number of hydrogen-bond acceptors (Lipinski definition) is 3.